The summed E-state index contributed by atoms with van der Waals surface area (Å²) in [5, 5.41) is 22.7. The summed E-state index contributed by atoms with van der Waals surface area (Å²) < 4.78 is 0. The number of fused-ring (bicyclic) bond motifs is 1. The number of hydrogen-bond donors (Lipinski definition) is 1. The molecule has 1 aliphatic carbocycles. The molecular formula is C19H20N6S. The van der Waals surface area contributed by atoms with Gasteiger partial charge < -0.3 is 5.32 Å². The van der Waals surface area contributed by atoms with Crippen LogP contribution in [0.5, 0.6) is 0 Å². The maximum Gasteiger partial charge on any atom is 0.138 e. The van der Waals surface area contributed by atoms with Crippen LogP contribution >= 0.6 is 11.3 Å². The third-order valence-corrected chi connectivity index (χ3v) is 5.77. The lowest BCUT2D eigenvalue weighted by Crippen LogP contribution is -2.13. The molecule has 26 heavy (non-hydrogen) atoms. The van der Waals surface area contributed by atoms with Gasteiger partial charge in [-0.1, -0.05) is 6.08 Å². The predicted octanol–water partition coefficient (Wildman–Crippen LogP) is 3.53. The minimum atomic E-state index is -0.604. The van der Waals surface area contributed by atoms with E-state index in [9.17, 15) is 10.5 Å². The van der Waals surface area contributed by atoms with Gasteiger partial charge in [-0.05, 0) is 27.7 Å². The monoisotopic (exact) mass is 364 g/mol. The second kappa shape index (κ2) is 6.86. The van der Waals surface area contributed by atoms with Crippen molar-refractivity contribution in [3.8, 4) is 12.1 Å². The van der Waals surface area contributed by atoms with Crippen LogP contribution < -0.4 is 5.32 Å². The summed E-state index contributed by atoms with van der Waals surface area (Å²) in [6, 6.07) is 4.53. The van der Waals surface area contributed by atoms with Crippen molar-refractivity contribution < 1.29 is 0 Å². The Bertz CT molecular complexity index is 971. The molecular weight excluding hydrogens is 344 g/mol. The second-order valence-corrected chi connectivity index (χ2v) is 7.80. The average Bonchev–Trinajstić information content (AvgIpc) is 3.19. The Balaban J connectivity index is 1.97. The maximum absolute atomic E-state index is 9.34. The first-order chi connectivity index (χ1) is 12.4. The molecule has 0 aliphatic heterocycles. The Kier molecular flexibility index (Phi) is 4.76. The van der Waals surface area contributed by atoms with E-state index in [-0.39, 0.29) is 0 Å². The van der Waals surface area contributed by atoms with Crippen LogP contribution in [-0.2, 0) is 18.3 Å². The highest BCUT2D eigenvalue weighted by Gasteiger charge is 2.26. The normalized spacial score (nSPS) is 12.9. The molecule has 1 N–H and O–H groups in total. The fourth-order valence-corrected chi connectivity index (χ4v) is 3.93. The number of aromatic nitrogens is 3. The Morgan fingerprint density at radius 3 is 2.69 bits per heavy atom. The molecule has 6 nitrogen and oxygen atoms in total. The van der Waals surface area contributed by atoms with Crippen LogP contribution in [0.4, 0.5) is 5.82 Å². The summed E-state index contributed by atoms with van der Waals surface area (Å²) in [6.07, 6.45) is 3.12. The van der Waals surface area contributed by atoms with Crippen LogP contribution in [-0.4, -0.2) is 21.5 Å². The van der Waals surface area contributed by atoms with Crippen molar-refractivity contribution in [2.75, 3.05) is 11.9 Å². The Morgan fingerprint density at radius 2 is 2.04 bits per heavy atom. The van der Waals surface area contributed by atoms with Crippen LogP contribution in [0.2, 0.25) is 0 Å². The number of nitrogens with one attached hydrogen (secondary N) is 1. The Labute approximate surface area is 157 Å². The number of nitrogens with zero attached hydrogens (tertiary/aromatic N) is 5. The lowest BCUT2D eigenvalue weighted by atomic mass is 9.97. The minimum absolute atomic E-state index is 0.568. The first-order valence-electron chi connectivity index (χ1n) is 8.52. The van der Waals surface area contributed by atoms with Gasteiger partial charge in [-0.15, -0.1) is 11.3 Å². The third-order valence-electron chi connectivity index (χ3n) is 4.29. The van der Waals surface area contributed by atoms with Gasteiger partial charge in [-0.2, -0.15) is 10.5 Å². The van der Waals surface area contributed by atoms with Crippen LogP contribution in [0.25, 0.3) is 5.57 Å². The first-order valence-corrected chi connectivity index (χ1v) is 9.33. The van der Waals surface area contributed by atoms with Gasteiger partial charge >= 0.3 is 0 Å². The number of nitriles is 2. The van der Waals surface area contributed by atoms with Crippen molar-refractivity contribution in [2.24, 2.45) is 0 Å². The fraction of sp³-hybridized carbons (Fsp3) is 0.421. The topological polar surface area (TPSA) is 98.3 Å². The molecule has 0 atom stereocenters. The van der Waals surface area contributed by atoms with Gasteiger partial charge in [0.2, 0.25) is 0 Å². The van der Waals surface area contributed by atoms with E-state index in [1.165, 1.54) is 0 Å². The van der Waals surface area contributed by atoms with Gasteiger partial charge in [0.25, 0.3) is 0 Å². The second-order valence-electron chi connectivity index (χ2n) is 6.72. The number of aryl methyl sites for hydroxylation is 1. The average molecular weight is 364 g/mol. The van der Waals surface area contributed by atoms with Crippen molar-refractivity contribution in [3.63, 3.8) is 0 Å². The highest BCUT2D eigenvalue weighted by molar-refractivity contribution is 7.12. The molecule has 0 radical (unpaired) electrons. The summed E-state index contributed by atoms with van der Waals surface area (Å²) >= 11 is 1.54. The van der Waals surface area contributed by atoms with Crippen LogP contribution in [0.15, 0.2) is 6.08 Å². The molecule has 0 unspecified atom stereocenters. The molecule has 0 saturated carbocycles. The molecule has 132 valence electrons. The molecule has 2 heterocycles. The van der Waals surface area contributed by atoms with Crippen LogP contribution in [0, 0.1) is 29.6 Å². The van der Waals surface area contributed by atoms with E-state index in [0.717, 1.165) is 39.2 Å². The highest BCUT2D eigenvalue weighted by Crippen LogP contribution is 2.33. The lowest BCUT2D eigenvalue weighted by Gasteiger charge is -2.11. The van der Waals surface area contributed by atoms with Crippen molar-refractivity contribution in [3.05, 3.63) is 38.7 Å². The van der Waals surface area contributed by atoms with Crippen LogP contribution in [0.3, 0.4) is 0 Å². The zero-order valence-corrected chi connectivity index (χ0v) is 16.2. The number of thiazole rings is 1. The van der Waals surface area contributed by atoms with E-state index >= 15 is 0 Å². The molecule has 0 fully saturated rings. The Hall–Kier alpha value is -2.77. The van der Waals surface area contributed by atoms with E-state index in [1.54, 1.807) is 11.3 Å². The molecule has 0 spiro atoms. The number of allylic oxidation sites excluding steroid dienone is 2. The maximum atomic E-state index is 9.34. The summed E-state index contributed by atoms with van der Waals surface area (Å²) in [4.78, 5) is 15.0. The van der Waals surface area contributed by atoms with E-state index in [0.29, 0.717) is 24.2 Å². The molecule has 0 aromatic carbocycles. The van der Waals surface area contributed by atoms with E-state index < -0.39 is 5.41 Å². The SMILES string of the molecule is CCNc1nc(Cc2sc(C(C)(C)C#N)nc2C)nc2c1C(C#N)=CC2. The van der Waals surface area contributed by atoms with Crippen molar-refractivity contribution in [1.29, 1.82) is 10.5 Å². The summed E-state index contributed by atoms with van der Waals surface area (Å²) in [5.74, 6) is 1.43. The van der Waals surface area contributed by atoms with E-state index in [4.69, 9.17) is 0 Å². The van der Waals surface area contributed by atoms with Gasteiger partial charge in [0, 0.05) is 24.3 Å². The highest BCUT2D eigenvalue weighted by atomic mass is 32.1. The molecule has 2 aromatic heterocycles. The number of rotatable bonds is 5. The Morgan fingerprint density at radius 1 is 1.27 bits per heavy atom. The molecule has 3 rings (SSSR count). The standard InChI is InChI=1S/C19H20N6S/c1-5-22-17-16-12(9-20)6-7-13(16)24-15(25-17)8-14-11(2)23-18(26-14)19(3,4)10-21/h6H,5,7-8H2,1-4H3,(H,22,24,25). The largest absolute Gasteiger partial charge is 0.370 e. The van der Waals surface area contributed by atoms with Gasteiger partial charge in [-0.3, -0.25) is 0 Å². The van der Waals surface area contributed by atoms with Gasteiger partial charge in [0.05, 0.1) is 34.7 Å². The molecule has 0 saturated heterocycles. The third kappa shape index (κ3) is 3.18. The van der Waals surface area contributed by atoms with Crippen molar-refractivity contribution >= 4 is 22.7 Å². The summed E-state index contributed by atoms with van der Waals surface area (Å²) in [7, 11) is 0. The van der Waals surface area contributed by atoms with Crippen molar-refractivity contribution in [1.82, 2.24) is 15.0 Å². The zero-order valence-electron chi connectivity index (χ0n) is 15.3. The quantitative estimate of drug-likeness (QED) is 0.871. The molecule has 0 amide bonds. The summed E-state index contributed by atoms with van der Waals surface area (Å²) in [6.45, 7) is 8.43. The van der Waals surface area contributed by atoms with Crippen molar-refractivity contribution in [2.45, 2.75) is 46.0 Å². The van der Waals surface area contributed by atoms with Crippen LogP contribution in [0.1, 0.15) is 53.4 Å². The van der Waals surface area contributed by atoms with Gasteiger partial charge in [-0.25, -0.2) is 15.0 Å². The molecule has 0 bridgehead atoms. The number of anilines is 1. The van der Waals surface area contributed by atoms with E-state index in [1.807, 2.05) is 33.8 Å². The van der Waals surface area contributed by atoms with Gasteiger partial charge in [0.15, 0.2) is 0 Å². The zero-order chi connectivity index (χ0) is 18.9. The van der Waals surface area contributed by atoms with Gasteiger partial charge in [0.1, 0.15) is 22.1 Å². The smallest absolute Gasteiger partial charge is 0.138 e. The lowest BCUT2D eigenvalue weighted by molar-refractivity contribution is 0.677. The minimum Gasteiger partial charge on any atom is -0.370 e. The predicted molar refractivity (Wildman–Crippen MR) is 102 cm³/mol. The fourth-order valence-electron chi connectivity index (χ4n) is 2.82. The number of hydrogen-bond acceptors (Lipinski definition) is 7. The first kappa shape index (κ1) is 18.0. The molecule has 7 heteroatoms. The summed E-state index contributed by atoms with van der Waals surface area (Å²) in [5.41, 5.74) is 2.66. The van der Waals surface area contributed by atoms with E-state index in [2.05, 4.69) is 32.4 Å². The molecule has 2 aromatic rings. The molecule has 1 aliphatic rings.